The number of thiophene rings is 1. The quantitative estimate of drug-likeness (QED) is 0.556. The van der Waals surface area contributed by atoms with Gasteiger partial charge in [-0.05, 0) is 50.8 Å². The molecule has 0 aromatic carbocycles. The number of piperidine rings is 1. The van der Waals surface area contributed by atoms with Gasteiger partial charge in [-0.25, -0.2) is 8.42 Å². The molecule has 4 heterocycles. The molecule has 1 aliphatic carbocycles. The van der Waals surface area contributed by atoms with Crippen molar-refractivity contribution in [2.75, 3.05) is 13.1 Å². The Hall–Kier alpha value is -2.50. The Morgan fingerprint density at radius 3 is 2.72 bits per heavy atom. The third-order valence-corrected chi connectivity index (χ3v) is 9.17. The number of nitrogens with one attached hydrogen (secondary N) is 1. The number of aromatic nitrogens is 2. The number of rotatable bonds is 7. The number of furan rings is 1. The molecule has 1 N–H and O–H groups in total. The van der Waals surface area contributed by atoms with Crippen LogP contribution in [0, 0.1) is 12.8 Å². The van der Waals surface area contributed by atoms with Gasteiger partial charge in [0.1, 0.15) is 15.7 Å². The van der Waals surface area contributed by atoms with E-state index in [9.17, 15) is 13.2 Å². The van der Waals surface area contributed by atoms with Crippen LogP contribution in [0.1, 0.15) is 49.0 Å². The summed E-state index contributed by atoms with van der Waals surface area (Å²) < 4.78 is 38.7. The first-order valence-corrected chi connectivity index (χ1v) is 13.0. The molecular weight excluding hydrogens is 452 g/mol. The summed E-state index contributed by atoms with van der Waals surface area (Å²) >= 11 is 1.15. The van der Waals surface area contributed by atoms with Gasteiger partial charge in [0.15, 0.2) is 0 Å². The minimum atomic E-state index is -3.63. The molecular formula is C21H24N4O5S2. The molecule has 0 bridgehead atoms. The highest BCUT2D eigenvalue weighted by atomic mass is 32.2. The fourth-order valence-electron chi connectivity index (χ4n) is 3.80. The lowest BCUT2D eigenvalue weighted by Crippen LogP contribution is -2.42. The molecule has 1 aliphatic heterocycles. The van der Waals surface area contributed by atoms with Gasteiger partial charge in [-0.3, -0.25) is 4.79 Å². The molecule has 5 rings (SSSR count). The van der Waals surface area contributed by atoms with Gasteiger partial charge in [0.05, 0.1) is 6.54 Å². The van der Waals surface area contributed by atoms with E-state index >= 15 is 0 Å². The van der Waals surface area contributed by atoms with Crippen LogP contribution >= 0.6 is 11.3 Å². The molecule has 0 atom stereocenters. The number of nitrogens with zero attached hydrogens (tertiary/aromatic N) is 3. The lowest BCUT2D eigenvalue weighted by molar-refractivity contribution is -0.126. The van der Waals surface area contributed by atoms with Crippen molar-refractivity contribution in [2.45, 2.75) is 49.3 Å². The molecule has 170 valence electrons. The summed E-state index contributed by atoms with van der Waals surface area (Å²) in [6, 6.07) is 5.29. The van der Waals surface area contributed by atoms with E-state index in [1.807, 2.05) is 19.1 Å². The molecule has 11 heteroatoms. The lowest BCUT2D eigenvalue weighted by atomic mass is 9.97. The van der Waals surface area contributed by atoms with E-state index in [0.717, 1.165) is 29.9 Å². The first-order chi connectivity index (χ1) is 15.4. The average Bonchev–Trinajstić information content (AvgIpc) is 3.18. The summed E-state index contributed by atoms with van der Waals surface area (Å²) in [6.07, 6.45) is 3.08. The molecule has 0 unspecified atom stereocenters. The van der Waals surface area contributed by atoms with Crippen molar-refractivity contribution in [3.8, 4) is 11.4 Å². The highest BCUT2D eigenvalue weighted by Crippen LogP contribution is 2.40. The summed E-state index contributed by atoms with van der Waals surface area (Å²) in [4.78, 5) is 16.9. The normalized spacial score (nSPS) is 18.2. The van der Waals surface area contributed by atoms with Crippen molar-refractivity contribution < 1.29 is 22.2 Å². The summed E-state index contributed by atoms with van der Waals surface area (Å²) in [6.45, 7) is 2.80. The number of carbonyl (C=O) groups excluding carboxylic acids is 1. The Morgan fingerprint density at radius 1 is 1.25 bits per heavy atom. The molecule has 1 amide bonds. The van der Waals surface area contributed by atoms with Crippen LogP contribution in [0.15, 0.2) is 36.7 Å². The number of hydrogen-bond acceptors (Lipinski definition) is 8. The molecule has 3 aromatic rings. The van der Waals surface area contributed by atoms with E-state index < -0.39 is 10.0 Å². The molecule has 2 aliphatic rings. The van der Waals surface area contributed by atoms with Crippen LogP contribution in [0.25, 0.3) is 11.4 Å². The highest BCUT2D eigenvalue weighted by molar-refractivity contribution is 7.91. The highest BCUT2D eigenvalue weighted by Gasteiger charge is 2.34. The second kappa shape index (κ2) is 8.45. The summed E-state index contributed by atoms with van der Waals surface area (Å²) in [7, 11) is -3.63. The standard InChI is InChI=1S/C21H24N4O5S2/c1-13-2-5-17(29-13)11-22-20(26)14-6-8-25(9-7-14)32(27,28)18-10-16(12-31-18)19-23-21(30-24-19)15-3-4-15/h2,5,10,12,14-15H,3-4,6-9,11H2,1H3,(H,22,26). The first-order valence-electron chi connectivity index (χ1n) is 10.7. The third-order valence-electron chi connectivity index (χ3n) is 5.85. The van der Waals surface area contributed by atoms with Crippen molar-refractivity contribution in [1.82, 2.24) is 19.8 Å². The molecule has 1 saturated heterocycles. The Labute approximate surface area is 189 Å². The summed E-state index contributed by atoms with van der Waals surface area (Å²) in [5.41, 5.74) is 0.645. The van der Waals surface area contributed by atoms with Gasteiger partial charge in [0, 0.05) is 35.9 Å². The predicted octanol–water partition coefficient (Wildman–Crippen LogP) is 3.29. The molecule has 0 spiro atoms. The molecule has 32 heavy (non-hydrogen) atoms. The number of amides is 1. The van der Waals surface area contributed by atoms with Crippen LogP contribution in [-0.4, -0.2) is 41.9 Å². The minimum absolute atomic E-state index is 0.0712. The van der Waals surface area contributed by atoms with Gasteiger partial charge in [0.25, 0.3) is 10.0 Å². The third kappa shape index (κ3) is 4.37. The molecule has 1 saturated carbocycles. The minimum Gasteiger partial charge on any atom is -0.465 e. The van der Waals surface area contributed by atoms with E-state index in [0.29, 0.717) is 61.4 Å². The molecule has 3 aromatic heterocycles. The largest absolute Gasteiger partial charge is 0.465 e. The van der Waals surface area contributed by atoms with Gasteiger partial charge in [-0.2, -0.15) is 9.29 Å². The van der Waals surface area contributed by atoms with Crippen molar-refractivity contribution in [1.29, 1.82) is 0 Å². The van der Waals surface area contributed by atoms with Crippen molar-refractivity contribution in [3.05, 3.63) is 41.0 Å². The number of aryl methyl sites for hydroxylation is 1. The molecule has 0 radical (unpaired) electrons. The Bertz CT molecular complexity index is 1220. The van der Waals surface area contributed by atoms with Crippen molar-refractivity contribution >= 4 is 27.3 Å². The maximum absolute atomic E-state index is 13.1. The van der Waals surface area contributed by atoms with Gasteiger partial charge in [0.2, 0.25) is 17.6 Å². The van der Waals surface area contributed by atoms with E-state index in [1.165, 1.54) is 4.31 Å². The maximum atomic E-state index is 13.1. The number of carbonyl (C=O) groups is 1. The Balaban J connectivity index is 1.18. The zero-order chi connectivity index (χ0) is 22.3. The maximum Gasteiger partial charge on any atom is 0.252 e. The smallest absolute Gasteiger partial charge is 0.252 e. The average molecular weight is 477 g/mol. The van der Waals surface area contributed by atoms with Crippen LogP contribution in [0.3, 0.4) is 0 Å². The fraction of sp³-hybridized carbons (Fsp3) is 0.476. The lowest BCUT2D eigenvalue weighted by Gasteiger charge is -2.30. The SMILES string of the molecule is Cc1ccc(CNC(=O)C2CCN(S(=O)(=O)c3cc(-c4noc(C5CC5)n4)cs3)CC2)o1. The van der Waals surface area contributed by atoms with Gasteiger partial charge in [-0.15, -0.1) is 11.3 Å². The van der Waals surface area contributed by atoms with Gasteiger partial charge in [-0.1, -0.05) is 5.16 Å². The van der Waals surface area contributed by atoms with E-state index in [1.54, 1.807) is 11.4 Å². The van der Waals surface area contributed by atoms with Crippen LogP contribution < -0.4 is 5.32 Å². The van der Waals surface area contributed by atoms with Crippen LogP contribution in [0.4, 0.5) is 0 Å². The van der Waals surface area contributed by atoms with Gasteiger partial charge < -0.3 is 14.3 Å². The summed E-state index contributed by atoms with van der Waals surface area (Å²) in [5.74, 6) is 2.61. The van der Waals surface area contributed by atoms with Crippen molar-refractivity contribution in [3.63, 3.8) is 0 Å². The van der Waals surface area contributed by atoms with E-state index in [2.05, 4.69) is 15.5 Å². The predicted molar refractivity (Wildman–Crippen MR) is 116 cm³/mol. The second-order valence-electron chi connectivity index (χ2n) is 8.29. The monoisotopic (exact) mass is 476 g/mol. The van der Waals surface area contributed by atoms with Crippen LogP contribution in [0.2, 0.25) is 0 Å². The second-order valence-corrected chi connectivity index (χ2v) is 11.4. The van der Waals surface area contributed by atoms with E-state index in [4.69, 9.17) is 8.94 Å². The van der Waals surface area contributed by atoms with E-state index in [-0.39, 0.29) is 16.0 Å². The van der Waals surface area contributed by atoms with Gasteiger partial charge >= 0.3 is 0 Å². The summed E-state index contributed by atoms with van der Waals surface area (Å²) in [5, 5.41) is 8.61. The Morgan fingerprint density at radius 2 is 2.03 bits per heavy atom. The number of sulfonamides is 1. The number of hydrogen-bond donors (Lipinski definition) is 1. The zero-order valence-corrected chi connectivity index (χ0v) is 19.2. The molecule has 9 nitrogen and oxygen atoms in total. The Kier molecular flexibility index (Phi) is 5.64. The topological polar surface area (TPSA) is 119 Å². The fourth-order valence-corrected chi connectivity index (χ4v) is 6.58. The van der Waals surface area contributed by atoms with Crippen LogP contribution in [0.5, 0.6) is 0 Å². The van der Waals surface area contributed by atoms with Crippen LogP contribution in [-0.2, 0) is 21.4 Å². The van der Waals surface area contributed by atoms with Crippen molar-refractivity contribution in [2.24, 2.45) is 5.92 Å². The first kappa shape index (κ1) is 21.4. The molecule has 2 fully saturated rings. The zero-order valence-electron chi connectivity index (χ0n) is 17.6.